The lowest BCUT2D eigenvalue weighted by Gasteiger charge is -2.19. The number of hydrogen-bond donors (Lipinski definition) is 2. The first-order valence-corrected chi connectivity index (χ1v) is 6.26. The fraction of sp³-hybridized carbons (Fsp3) is 0.917. The van der Waals surface area contributed by atoms with Crippen LogP contribution in [0.3, 0.4) is 0 Å². The second-order valence-electron chi connectivity index (χ2n) is 4.55. The minimum absolute atomic E-state index is 0. The summed E-state index contributed by atoms with van der Waals surface area (Å²) in [6.07, 6.45) is 5.90. The first-order chi connectivity index (χ1) is 7.77. The molecule has 1 aliphatic carbocycles. The summed E-state index contributed by atoms with van der Waals surface area (Å²) in [5.74, 6) is 0.657. The Kier molecular flexibility index (Phi) is 9.50. The third kappa shape index (κ3) is 6.24. The van der Waals surface area contributed by atoms with Crippen LogP contribution in [0.25, 0.3) is 0 Å². The van der Waals surface area contributed by atoms with Crippen LogP contribution in [-0.4, -0.2) is 32.2 Å². The Bertz CT molecular complexity index is 215. The standard InChI is InChI=1S/C12H24N2O2.ClH/c1-16-8-3-2-7-12(15)14-11-6-4-5-10(11)9-13;/h10-11H,2-9,13H2,1H3,(H,14,15);1H. The predicted molar refractivity (Wildman–Crippen MR) is 71.3 cm³/mol. The Hall–Kier alpha value is -0.320. The number of nitrogens with two attached hydrogens (primary N) is 1. The summed E-state index contributed by atoms with van der Waals surface area (Å²) in [6, 6.07) is 0.319. The summed E-state index contributed by atoms with van der Waals surface area (Å²) >= 11 is 0. The van der Waals surface area contributed by atoms with Crippen LogP contribution in [0.4, 0.5) is 0 Å². The van der Waals surface area contributed by atoms with E-state index >= 15 is 0 Å². The van der Waals surface area contributed by atoms with Gasteiger partial charge in [0, 0.05) is 26.2 Å². The number of rotatable bonds is 7. The average Bonchev–Trinajstić information content (AvgIpc) is 2.71. The van der Waals surface area contributed by atoms with Crippen molar-refractivity contribution in [2.75, 3.05) is 20.3 Å². The molecule has 5 heteroatoms. The zero-order chi connectivity index (χ0) is 11.8. The van der Waals surface area contributed by atoms with Gasteiger partial charge in [0.15, 0.2) is 0 Å². The van der Waals surface area contributed by atoms with E-state index in [1.54, 1.807) is 7.11 Å². The third-order valence-corrected chi connectivity index (χ3v) is 3.31. The van der Waals surface area contributed by atoms with E-state index in [0.717, 1.165) is 32.3 Å². The fourth-order valence-electron chi connectivity index (χ4n) is 2.32. The number of hydrogen-bond acceptors (Lipinski definition) is 3. The van der Waals surface area contributed by atoms with Crippen molar-refractivity contribution in [1.82, 2.24) is 5.32 Å². The highest BCUT2D eigenvalue weighted by Crippen LogP contribution is 2.24. The lowest BCUT2D eigenvalue weighted by molar-refractivity contribution is -0.122. The zero-order valence-electron chi connectivity index (χ0n) is 10.6. The summed E-state index contributed by atoms with van der Waals surface area (Å²) in [6.45, 7) is 1.43. The molecule has 1 amide bonds. The maximum Gasteiger partial charge on any atom is 0.220 e. The molecule has 0 heterocycles. The third-order valence-electron chi connectivity index (χ3n) is 3.31. The van der Waals surface area contributed by atoms with Crippen LogP contribution in [0.2, 0.25) is 0 Å². The van der Waals surface area contributed by atoms with E-state index in [0.29, 0.717) is 24.9 Å². The summed E-state index contributed by atoms with van der Waals surface area (Å²) in [7, 11) is 1.68. The quantitative estimate of drug-likeness (QED) is 0.685. The molecule has 1 rings (SSSR count). The second kappa shape index (κ2) is 9.68. The maximum atomic E-state index is 11.6. The molecule has 1 saturated carbocycles. The van der Waals surface area contributed by atoms with Crippen molar-refractivity contribution in [3.8, 4) is 0 Å². The van der Waals surface area contributed by atoms with Gasteiger partial charge in [-0.2, -0.15) is 0 Å². The van der Waals surface area contributed by atoms with Crippen molar-refractivity contribution in [3.05, 3.63) is 0 Å². The molecule has 102 valence electrons. The number of amides is 1. The Morgan fingerprint density at radius 1 is 1.41 bits per heavy atom. The van der Waals surface area contributed by atoms with Gasteiger partial charge in [0.05, 0.1) is 0 Å². The number of nitrogens with one attached hydrogen (secondary N) is 1. The molecular formula is C12H25ClN2O2. The summed E-state index contributed by atoms with van der Waals surface area (Å²) < 4.78 is 4.94. The van der Waals surface area contributed by atoms with Gasteiger partial charge in [0.25, 0.3) is 0 Å². The molecule has 0 aliphatic heterocycles. The molecule has 1 fully saturated rings. The van der Waals surface area contributed by atoms with Crippen LogP contribution in [0.15, 0.2) is 0 Å². The predicted octanol–water partition coefficient (Wildman–Crippen LogP) is 1.47. The van der Waals surface area contributed by atoms with E-state index in [4.69, 9.17) is 10.5 Å². The van der Waals surface area contributed by atoms with Gasteiger partial charge in [-0.15, -0.1) is 12.4 Å². The van der Waals surface area contributed by atoms with Gasteiger partial charge in [-0.05, 0) is 38.1 Å². The smallest absolute Gasteiger partial charge is 0.220 e. The van der Waals surface area contributed by atoms with Crippen LogP contribution < -0.4 is 11.1 Å². The van der Waals surface area contributed by atoms with Gasteiger partial charge >= 0.3 is 0 Å². The minimum atomic E-state index is 0. The molecular weight excluding hydrogens is 240 g/mol. The molecule has 0 aromatic carbocycles. The Morgan fingerprint density at radius 3 is 2.82 bits per heavy atom. The normalized spacial score (nSPS) is 23.2. The topological polar surface area (TPSA) is 64.3 Å². The molecule has 0 saturated heterocycles. The Labute approximate surface area is 110 Å². The minimum Gasteiger partial charge on any atom is -0.385 e. The highest BCUT2D eigenvalue weighted by atomic mass is 35.5. The maximum absolute atomic E-state index is 11.6. The molecule has 0 aromatic rings. The molecule has 17 heavy (non-hydrogen) atoms. The number of carbonyl (C=O) groups excluding carboxylic acids is 1. The van der Waals surface area contributed by atoms with Gasteiger partial charge in [0.1, 0.15) is 0 Å². The average molecular weight is 265 g/mol. The number of ether oxygens (including phenoxy) is 1. The zero-order valence-corrected chi connectivity index (χ0v) is 11.4. The summed E-state index contributed by atoms with van der Waals surface area (Å²) in [5.41, 5.74) is 5.67. The number of unbranched alkanes of at least 4 members (excludes halogenated alkanes) is 1. The Morgan fingerprint density at radius 2 is 2.18 bits per heavy atom. The highest BCUT2D eigenvalue weighted by molar-refractivity contribution is 5.85. The van der Waals surface area contributed by atoms with Crippen LogP contribution >= 0.6 is 12.4 Å². The second-order valence-corrected chi connectivity index (χ2v) is 4.55. The van der Waals surface area contributed by atoms with Crippen LogP contribution in [0.5, 0.6) is 0 Å². The fourth-order valence-corrected chi connectivity index (χ4v) is 2.32. The molecule has 1 aliphatic rings. The number of carbonyl (C=O) groups is 1. The van der Waals surface area contributed by atoms with E-state index in [2.05, 4.69) is 5.32 Å². The first kappa shape index (κ1) is 16.7. The molecule has 2 unspecified atom stereocenters. The van der Waals surface area contributed by atoms with E-state index in [-0.39, 0.29) is 18.3 Å². The van der Waals surface area contributed by atoms with Crippen LogP contribution in [0.1, 0.15) is 38.5 Å². The van der Waals surface area contributed by atoms with Crippen molar-refractivity contribution in [3.63, 3.8) is 0 Å². The molecule has 3 N–H and O–H groups in total. The van der Waals surface area contributed by atoms with Crippen molar-refractivity contribution >= 4 is 18.3 Å². The van der Waals surface area contributed by atoms with Crippen molar-refractivity contribution in [1.29, 1.82) is 0 Å². The Balaban J connectivity index is 0.00000256. The molecule has 4 nitrogen and oxygen atoms in total. The van der Waals surface area contributed by atoms with E-state index in [9.17, 15) is 4.79 Å². The van der Waals surface area contributed by atoms with E-state index < -0.39 is 0 Å². The van der Waals surface area contributed by atoms with Gasteiger partial charge < -0.3 is 15.8 Å². The van der Waals surface area contributed by atoms with Crippen molar-refractivity contribution in [2.45, 2.75) is 44.6 Å². The first-order valence-electron chi connectivity index (χ1n) is 6.26. The lowest BCUT2D eigenvalue weighted by Crippen LogP contribution is -2.39. The summed E-state index contributed by atoms with van der Waals surface area (Å²) in [4.78, 5) is 11.6. The molecule has 0 spiro atoms. The summed E-state index contributed by atoms with van der Waals surface area (Å²) in [5, 5.41) is 3.10. The van der Waals surface area contributed by atoms with Crippen LogP contribution in [0, 0.1) is 5.92 Å². The van der Waals surface area contributed by atoms with Crippen molar-refractivity contribution < 1.29 is 9.53 Å². The van der Waals surface area contributed by atoms with Gasteiger partial charge in [-0.25, -0.2) is 0 Å². The van der Waals surface area contributed by atoms with Gasteiger partial charge in [-0.3, -0.25) is 4.79 Å². The molecule has 0 bridgehead atoms. The van der Waals surface area contributed by atoms with E-state index in [1.165, 1.54) is 6.42 Å². The molecule has 2 atom stereocenters. The van der Waals surface area contributed by atoms with E-state index in [1.807, 2.05) is 0 Å². The highest BCUT2D eigenvalue weighted by Gasteiger charge is 2.26. The van der Waals surface area contributed by atoms with Crippen LogP contribution in [-0.2, 0) is 9.53 Å². The lowest BCUT2D eigenvalue weighted by atomic mass is 10.0. The van der Waals surface area contributed by atoms with Crippen molar-refractivity contribution in [2.24, 2.45) is 11.7 Å². The molecule has 0 aromatic heterocycles. The monoisotopic (exact) mass is 264 g/mol. The molecule has 0 radical (unpaired) electrons. The number of methoxy groups -OCH3 is 1. The van der Waals surface area contributed by atoms with Gasteiger partial charge in [0.2, 0.25) is 5.91 Å². The van der Waals surface area contributed by atoms with Gasteiger partial charge in [-0.1, -0.05) is 6.42 Å². The largest absolute Gasteiger partial charge is 0.385 e. The number of halogens is 1. The SMILES string of the molecule is COCCCCC(=O)NC1CCCC1CN.Cl.